The number of ketones is 1. The predicted octanol–water partition coefficient (Wildman–Crippen LogP) is 3.88. The maximum atomic E-state index is 14.0. The summed E-state index contributed by atoms with van der Waals surface area (Å²) in [7, 11) is 3.49. The number of aromatic nitrogens is 4. The Bertz CT molecular complexity index is 1380. The monoisotopic (exact) mass is 493 g/mol. The molecule has 0 N–H and O–H groups in total. The first-order valence-corrected chi connectivity index (χ1v) is 12.1. The van der Waals surface area contributed by atoms with Gasteiger partial charge in [-0.05, 0) is 41.8 Å². The van der Waals surface area contributed by atoms with Crippen molar-refractivity contribution < 1.29 is 18.3 Å². The fourth-order valence-electron chi connectivity index (χ4n) is 5.21. The number of fused-ring (bicyclic) bond motifs is 1. The Morgan fingerprint density at radius 2 is 2.00 bits per heavy atom. The van der Waals surface area contributed by atoms with Crippen LogP contribution in [0.4, 0.5) is 8.78 Å². The van der Waals surface area contributed by atoms with Crippen molar-refractivity contribution in [2.24, 2.45) is 13.0 Å². The molecule has 0 aliphatic carbocycles. The Kier molecular flexibility index (Phi) is 6.93. The molecule has 1 saturated heterocycles. The number of nitrogens with zero attached hydrogens (tertiary/aromatic N) is 5. The van der Waals surface area contributed by atoms with Gasteiger partial charge in [0.05, 0.1) is 12.3 Å². The lowest BCUT2D eigenvalue weighted by molar-refractivity contribution is -0.119. The number of ether oxygens (including phenoxy) is 1. The average molecular weight is 494 g/mol. The van der Waals surface area contributed by atoms with Crippen molar-refractivity contribution in [2.45, 2.75) is 18.8 Å². The van der Waals surface area contributed by atoms with Crippen LogP contribution in [0.25, 0.3) is 17.0 Å². The molecule has 1 aliphatic heterocycles. The van der Waals surface area contributed by atoms with Gasteiger partial charge >= 0.3 is 0 Å². The van der Waals surface area contributed by atoms with Gasteiger partial charge in [0.15, 0.2) is 11.6 Å². The smallest absolute Gasteiger partial charge is 0.159 e. The van der Waals surface area contributed by atoms with Crippen molar-refractivity contribution in [3.63, 3.8) is 0 Å². The van der Waals surface area contributed by atoms with Crippen LogP contribution in [-0.2, 0) is 23.0 Å². The highest BCUT2D eigenvalue weighted by atomic mass is 19.2. The molecule has 188 valence electrons. The number of carbonyl (C=O) groups is 1. The van der Waals surface area contributed by atoms with Gasteiger partial charge in [0.1, 0.15) is 17.1 Å². The Balaban J connectivity index is 1.32. The summed E-state index contributed by atoms with van der Waals surface area (Å²) in [6.07, 6.45) is 4.23. The van der Waals surface area contributed by atoms with E-state index < -0.39 is 11.6 Å². The number of likely N-dealkylation sites (tertiary alicyclic amines) is 1. The van der Waals surface area contributed by atoms with Crippen molar-refractivity contribution in [3.8, 4) is 11.4 Å². The molecule has 7 nitrogen and oxygen atoms in total. The first kappa shape index (κ1) is 24.3. The van der Waals surface area contributed by atoms with Crippen molar-refractivity contribution in [1.29, 1.82) is 0 Å². The molecule has 0 unspecified atom stereocenters. The van der Waals surface area contributed by atoms with Crippen LogP contribution in [-0.4, -0.2) is 63.2 Å². The summed E-state index contributed by atoms with van der Waals surface area (Å²) < 4.78 is 36.4. The fraction of sp³-hybridized carbons (Fsp3) is 0.370. The molecular formula is C27H29F2N5O2. The Morgan fingerprint density at radius 1 is 1.14 bits per heavy atom. The molecule has 2 atom stereocenters. The van der Waals surface area contributed by atoms with Crippen molar-refractivity contribution in [2.75, 3.05) is 33.4 Å². The summed E-state index contributed by atoms with van der Waals surface area (Å²) in [5.74, 6) is -1.67. The van der Waals surface area contributed by atoms with Crippen LogP contribution in [0.2, 0.25) is 0 Å². The maximum Gasteiger partial charge on any atom is 0.159 e. The summed E-state index contributed by atoms with van der Waals surface area (Å²) in [5, 5.41) is 4.64. The van der Waals surface area contributed by atoms with E-state index in [1.165, 1.54) is 12.1 Å². The predicted molar refractivity (Wildman–Crippen MR) is 132 cm³/mol. The normalized spacial score (nSPS) is 18.3. The number of aryl methyl sites for hydroxylation is 1. The molecule has 1 fully saturated rings. The first-order chi connectivity index (χ1) is 17.4. The van der Waals surface area contributed by atoms with Crippen molar-refractivity contribution in [3.05, 3.63) is 77.8 Å². The van der Waals surface area contributed by atoms with Gasteiger partial charge in [-0.25, -0.2) is 13.8 Å². The molecule has 5 rings (SSSR count). The zero-order chi connectivity index (χ0) is 25.2. The van der Waals surface area contributed by atoms with E-state index in [-0.39, 0.29) is 24.0 Å². The average Bonchev–Trinajstić information content (AvgIpc) is 3.58. The zero-order valence-electron chi connectivity index (χ0n) is 20.4. The van der Waals surface area contributed by atoms with Crippen molar-refractivity contribution >= 4 is 11.4 Å². The molecule has 3 aromatic heterocycles. The molecule has 0 saturated carbocycles. The lowest BCUT2D eigenvalue weighted by atomic mass is 9.85. The molecular weight excluding hydrogens is 464 g/mol. The number of Topliss-reactive ketones (excluding diaryl/α,β-unsaturated/α-hetero) is 1. The number of hydrogen-bond donors (Lipinski definition) is 0. The van der Waals surface area contributed by atoms with Crippen LogP contribution in [0.5, 0.6) is 0 Å². The van der Waals surface area contributed by atoms with Gasteiger partial charge in [0, 0.05) is 70.6 Å². The minimum Gasteiger partial charge on any atom is -0.383 e. The Morgan fingerprint density at radius 3 is 2.81 bits per heavy atom. The second-order valence-corrected chi connectivity index (χ2v) is 9.42. The summed E-state index contributed by atoms with van der Waals surface area (Å²) in [4.78, 5) is 19.8. The lowest BCUT2D eigenvalue weighted by Crippen LogP contribution is -2.25. The number of hydrogen-bond acceptors (Lipinski definition) is 5. The van der Waals surface area contributed by atoms with Crippen molar-refractivity contribution in [1.82, 2.24) is 24.1 Å². The number of benzene rings is 1. The molecule has 1 aliphatic rings. The van der Waals surface area contributed by atoms with Crippen LogP contribution in [0.15, 0.2) is 54.9 Å². The third-order valence-electron chi connectivity index (χ3n) is 7.04. The topological polar surface area (TPSA) is 64.7 Å². The summed E-state index contributed by atoms with van der Waals surface area (Å²) in [5.41, 5.74) is 4.06. The number of imidazole rings is 1. The second-order valence-electron chi connectivity index (χ2n) is 9.42. The number of rotatable bonds is 9. The van der Waals surface area contributed by atoms with Gasteiger partial charge in [-0.15, -0.1) is 0 Å². The van der Waals surface area contributed by atoms with Crippen LogP contribution >= 0.6 is 0 Å². The third kappa shape index (κ3) is 4.94. The summed E-state index contributed by atoms with van der Waals surface area (Å²) in [6.45, 7) is 2.69. The van der Waals surface area contributed by atoms with Crippen LogP contribution in [0.3, 0.4) is 0 Å². The fourth-order valence-corrected chi connectivity index (χ4v) is 5.21. The van der Waals surface area contributed by atoms with Gasteiger partial charge in [-0.2, -0.15) is 5.10 Å². The summed E-state index contributed by atoms with van der Waals surface area (Å²) in [6, 6.07) is 11.8. The lowest BCUT2D eigenvalue weighted by Gasteiger charge is -2.18. The molecule has 0 bridgehead atoms. The number of halogens is 2. The zero-order valence-corrected chi connectivity index (χ0v) is 20.4. The molecule has 36 heavy (non-hydrogen) atoms. The molecule has 0 amide bonds. The highest BCUT2D eigenvalue weighted by Crippen LogP contribution is 2.36. The van der Waals surface area contributed by atoms with Crippen LogP contribution < -0.4 is 0 Å². The van der Waals surface area contributed by atoms with E-state index in [0.717, 1.165) is 34.8 Å². The quantitative estimate of drug-likeness (QED) is 0.354. The second kappa shape index (κ2) is 10.3. The molecule has 4 aromatic rings. The molecule has 9 heteroatoms. The minimum absolute atomic E-state index is 0.00612. The standard InChI is InChI=1S/C27H29F2N5O2/c1-32-20(15-25(31-32)26-4-3-5-27-30-8-9-34(26)27)14-21(35)12-19-16-33(10-11-36-2)17-22(19)18-6-7-23(28)24(29)13-18/h3-9,13,15,19,22H,10-12,14,16-17H2,1-2H3/t19-,22+/m1/s1. The highest BCUT2D eigenvalue weighted by Gasteiger charge is 2.35. The van der Waals surface area contributed by atoms with E-state index >= 15 is 0 Å². The SMILES string of the molecule is COCCN1C[C@@H](CC(=O)Cc2cc(-c3cccc4nccn34)nn2C)[C@H](c2ccc(F)c(F)c2)C1. The van der Waals surface area contributed by atoms with E-state index in [2.05, 4.69) is 15.0 Å². The van der Waals surface area contributed by atoms with Gasteiger partial charge in [0.25, 0.3) is 0 Å². The Hall–Kier alpha value is -3.43. The van der Waals surface area contributed by atoms with Gasteiger partial charge in [-0.3, -0.25) is 13.9 Å². The highest BCUT2D eigenvalue weighted by molar-refractivity contribution is 5.81. The maximum absolute atomic E-state index is 14.0. The number of carbonyl (C=O) groups excluding carboxylic acids is 1. The first-order valence-electron chi connectivity index (χ1n) is 12.1. The largest absolute Gasteiger partial charge is 0.383 e. The van der Waals surface area contributed by atoms with E-state index in [1.807, 2.05) is 41.9 Å². The third-order valence-corrected chi connectivity index (χ3v) is 7.04. The van der Waals surface area contributed by atoms with Crippen LogP contribution in [0.1, 0.15) is 23.6 Å². The van der Waals surface area contributed by atoms with E-state index in [4.69, 9.17) is 4.74 Å². The molecule has 0 radical (unpaired) electrons. The van der Waals surface area contributed by atoms with E-state index in [1.54, 1.807) is 24.1 Å². The summed E-state index contributed by atoms with van der Waals surface area (Å²) >= 11 is 0. The number of pyridine rings is 1. The molecule has 0 spiro atoms. The van der Waals surface area contributed by atoms with E-state index in [9.17, 15) is 13.6 Å². The molecule has 1 aromatic carbocycles. The van der Waals surface area contributed by atoms with Gasteiger partial charge in [0.2, 0.25) is 0 Å². The molecule has 4 heterocycles. The van der Waals surface area contributed by atoms with Gasteiger partial charge in [-0.1, -0.05) is 12.1 Å². The minimum atomic E-state index is -0.862. The Labute approximate surface area is 208 Å². The van der Waals surface area contributed by atoms with Gasteiger partial charge < -0.3 is 9.64 Å². The number of methoxy groups -OCH3 is 1. The van der Waals surface area contributed by atoms with E-state index in [0.29, 0.717) is 26.1 Å². The van der Waals surface area contributed by atoms with Crippen LogP contribution in [0, 0.1) is 17.6 Å².